The molecule has 6 nitrogen and oxygen atoms in total. The van der Waals surface area contributed by atoms with Gasteiger partial charge in [-0.3, -0.25) is 9.59 Å². The number of pyridine rings is 1. The predicted octanol–water partition coefficient (Wildman–Crippen LogP) is 3.55. The van der Waals surface area contributed by atoms with Crippen LogP contribution in [-0.2, 0) is 13.2 Å². The Morgan fingerprint density at radius 1 is 1.21 bits per heavy atom. The Morgan fingerprint density at radius 2 is 1.86 bits per heavy atom. The number of rotatable bonds is 3. The lowest BCUT2D eigenvalue weighted by molar-refractivity contribution is -0.137. The van der Waals surface area contributed by atoms with Gasteiger partial charge in [0.05, 0.1) is 23.6 Å². The molecule has 0 aliphatic carbocycles. The summed E-state index contributed by atoms with van der Waals surface area (Å²) in [5, 5.41) is 10.8. The van der Waals surface area contributed by atoms with E-state index < -0.39 is 41.5 Å². The number of alkyl halides is 3. The van der Waals surface area contributed by atoms with Crippen molar-refractivity contribution in [1.82, 2.24) is 4.57 Å². The summed E-state index contributed by atoms with van der Waals surface area (Å²) >= 11 is 0. The molecule has 0 unspecified atom stereocenters. The van der Waals surface area contributed by atoms with Crippen molar-refractivity contribution >= 4 is 22.5 Å². The van der Waals surface area contributed by atoms with E-state index in [9.17, 15) is 27.9 Å². The molecule has 0 radical (unpaired) electrons. The van der Waals surface area contributed by atoms with Crippen LogP contribution in [0.15, 0.2) is 47.3 Å². The first-order chi connectivity index (χ1) is 14.5. The molecule has 2 aromatic carbocycles. The highest BCUT2D eigenvalue weighted by molar-refractivity contribution is 6.11. The summed E-state index contributed by atoms with van der Waals surface area (Å²) in [7, 11) is 2.70. The Bertz CT molecular complexity index is 1210. The van der Waals surface area contributed by atoms with Crippen molar-refractivity contribution < 1.29 is 30.6 Å². The molecule has 1 amide bonds. The van der Waals surface area contributed by atoms with Crippen LogP contribution in [0.2, 0.25) is 0 Å². The summed E-state index contributed by atoms with van der Waals surface area (Å²) in [6, 6.07) is 7.84. The number of hydrogen-bond acceptors (Lipinski definition) is 4. The van der Waals surface area contributed by atoms with Crippen LogP contribution in [0.5, 0.6) is 11.5 Å². The largest absolute Gasteiger partial charge is 0.506 e. The van der Waals surface area contributed by atoms with Crippen LogP contribution in [0.4, 0.5) is 18.9 Å². The molecule has 0 atom stereocenters. The van der Waals surface area contributed by atoms with Crippen molar-refractivity contribution in [2.24, 2.45) is 7.05 Å². The molecule has 0 aliphatic rings. The first kappa shape index (κ1) is 17.6. The summed E-state index contributed by atoms with van der Waals surface area (Å²) in [5.74, 6) is -1.74. The third-order valence-corrected chi connectivity index (χ3v) is 4.48. The van der Waals surface area contributed by atoms with Gasteiger partial charge in [-0.2, -0.15) is 13.2 Å². The van der Waals surface area contributed by atoms with E-state index in [2.05, 4.69) is 0 Å². The molecule has 152 valence electrons. The van der Waals surface area contributed by atoms with E-state index in [1.807, 2.05) is 0 Å². The molecule has 1 aromatic heterocycles. The first-order valence-electron chi connectivity index (χ1n) is 9.38. The number of aromatic nitrogens is 1. The zero-order chi connectivity index (χ0) is 23.1. The highest BCUT2D eigenvalue weighted by Crippen LogP contribution is 2.35. The molecule has 0 aliphatic heterocycles. The SMILES string of the molecule is [2H]C([2H])N(C(=O)c1c(O)c2c(OC)cccc2n(C)c1=O)c1ccc(C(F)(F)F)cc1. The Balaban J connectivity index is 2.21. The molecule has 1 N–H and O–H groups in total. The van der Waals surface area contributed by atoms with Gasteiger partial charge in [0.15, 0.2) is 0 Å². The maximum Gasteiger partial charge on any atom is 0.416 e. The third-order valence-electron chi connectivity index (χ3n) is 4.48. The van der Waals surface area contributed by atoms with Gasteiger partial charge in [0.25, 0.3) is 11.5 Å². The number of carbonyl (C=O) groups is 1. The van der Waals surface area contributed by atoms with E-state index in [-0.39, 0.29) is 22.3 Å². The fourth-order valence-corrected chi connectivity index (χ4v) is 2.95. The zero-order valence-electron chi connectivity index (χ0n) is 17.3. The molecule has 9 heteroatoms. The van der Waals surface area contributed by atoms with E-state index >= 15 is 0 Å². The normalized spacial score (nSPS) is 12.6. The molecule has 29 heavy (non-hydrogen) atoms. The molecule has 0 fully saturated rings. The smallest absolute Gasteiger partial charge is 0.416 e. The minimum Gasteiger partial charge on any atom is -0.506 e. The standard InChI is InChI=1S/C20H17F3N2O4/c1-24(12-9-7-11(8-10-12)20(21,22)23)18(27)16-17(26)15-13(25(2)19(16)28)5-4-6-14(15)29-3/h4-10,26H,1-3H3/i1D2. The number of benzene rings is 2. The summed E-state index contributed by atoms with van der Waals surface area (Å²) in [5.41, 5.74) is -2.56. The molecule has 0 bridgehead atoms. The van der Waals surface area contributed by atoms with Gasteiger partial charge in [-0.15, -0.1) is 0 Å². The topological polar surface area (TPSA) is 71.8 Å². The maximum atomic E-state index is 13.2. The second-order valence-electron chi connectivity index (χ2n) is 6.16. The second-order valence-corrected chi connectivity index (χ2v) is 6.16. The minimum atomic E-state index is -4.61. The minimum absolute atomic E-state index is 0.0642. The number of nitrogens with zero attached hydrogens (tertiary/aromatic N) is 2. The van der Waals surface area contributed by atoms with E-state index in [0.717, 1.165) is 16.7 Å². The van der Waals surface area contributed by atoms with Crippen molar-refractivity contribution in [2.45, 2.75) is 6.18 Å². The van der Waals surface area contributed by atoms with E-state index in [0.29, 0.717) is 17.0 Å². The Kier molecular flexibility index (Phi) is 4.34. The number of ether oxygens (including phenoxy) is 1. The number of hydrogen-bond donors (Lipinski definition) is 1. The number of methoxy groups -OCH3 is 1. The highest BCUT2D eigenvalue weighted by Gasteiger charge is 2.31. The summed E-state index contributed by atoms with van der Waals surface area (Å²) < 4.78 is 60.2. The molecule has 3 aromatic rings. The van der Waals surface area contributed by atoms with Crippen molar-refractivity contribution in [2.75, 3.05) is 19.0 Å². The average Bonchev–Trinajstić information content (AvgIpc) is 2.71. The Labute approximate surface area is 166 Å². The number of anilines is 1. The summed E-state index contributed by atoms with van der Waals surface area (Å²) in [4.78, 5) is 26.5. The Morgan fingerprint density at radius 3 is 2.41 bits per heavy atom. The Hall–Kier alpha value is -3.49. The summed E-state index contributed by atoms with van der Waals surface area (Å²) in [6.45, 7) is -2.01. The molecule has 0 saturated carbocycles. The quantitative estimate of drug-likeness (QED) is 0.720. The number of fused-ring (bicyclic) bond motifs is 1. The van der Waals surface area contributed by atoms with Crippen LogP contribution in [0, 0.1) is 0 Å². The number of amides is 1. The highest BCUT2D eigenvalue weighted by atomic mass is 19.4. The predicted molar refractivity (Wildman–Crippen MR) is 102 cm³/mol. The van der Waals surface area contributed by atoms with Crippen molar-refractivity contribution in [3.63, 3.8) is 0 Å². The van der Waals surface area contributed by atoms with Gasteiger partial charge in [0, 0.05) is 22.5 Å². The lowest BCUT2D eigenvalue weighted by atomic mass is 10.1. The van der Waals surface area contributed by atoms with Crippen LogP contribution in [0.25, 0.3) is 10.9 Å². The van der Waals surface area contributed by atoms with Gasteiger partial charge in [0.1, 0.15) is 17.1 Å². The fourth-order valence-electron chi connectivity index (χ4n) is 2.95. The third kappa shape index (κ3) is 3.39. The van der Waals surface area contributed by atoms with Crippen molar-refractivity contribution in [3.05, 3.63) is 63.9 Å². The number of aromatic hydroxyl groups is 1. The van der Waals surface area contributed by atoms with E-state index in [1.165, 1.54) is 26.3 Å². The van der Waals surface area contributed by atoms with Gasteiger partial charge in [0.2, 0.25) is 0 Å². The van der Waals surface area contributed by atoms with Crippen molar-refractivity contribution in [1.29, 1.82) is 0 Å². The number of carbonyl (C=O) groups excluding carboxylic acids is 1. The zero-order valence-corrected chi connectivity index (χ0v) is 15.3. The van der Waals surface area contributed by atoms with Crippen LogP contribution in [0.3, 0.4) is 0 Å². The van der Waals surface area contributed by atoms with Crippen molar-refractivity contribution in [3.8, 4) is 11.5 Å². The first-order valence-corrected chi connectivity index (χ1v) is 8.23. The van der Waals surface area contributed by atoms with E-state index in [4.69, 9.17) is 7.48 Å². The molecule has 0 saturated heterocycles. The van der Waals surface area contributed by atoms with Gasteiger partial charge in [-0.1, -0.05) is 6.07 Å². The van der Waals surface area contributed by atoms with Gasteiger partial charge in [-0.25, -0.2) is 0 Å². The van der Waals surface area contributed by atoms with Crippen LogP contribution in [-0.4, -0.2) is 29.7 Å². The number of halogens is 3. The monoisotopic (exact) mass is 408 g/mol. The van der Waals surface area contributed by atoms with Gasteiger partial charge in [-0.05, 0) is 36.4 Å². The average molecular weight is 408 g/mol. The van der Waals surface area contributed by atoms with Crippen LogP contribution >= 0.6 is 0 Å². The molecular formula is C20H17F3N2O4. The van der Waals surface area contributed by atoms with Gasteiger partial charge >= 0.3 is 6.18 Å². The van der Waals surface area contributed by atoms with Gasteiger partial charge < -0.3 is 19.3 Å². The lowest BCUT2D eigenvalue weighted by Crippen LogP contribution is -2.34. The molecule has 1 heterocycles. The number of aryl methyl sites for hydroxylation is 1. The molecule has 0 spiro atoms. The van der Waals surface area contributed by atoms with Crippen LogP contribution in [0.1, 0.15) is 18.7 Å². The molecule has 3 rings (SSSR count). The summed E-state index contributed by atoms with van der Waals surface area (Å²) in [6.07, 6.45) is -4.61. The molecular weight excluding hydrogens is 389 g/mol. The van der Waals surface area contributed by atoms with E-state index in [1.54, 1.807) is 6.07 Å². The van der Waals surface area contributed by atoms with Crippen LogP contribution < -0.4 is 15.2 Å². The maximum absolute atomic E-state index is 13.2. The fraction of sp³-hybridized carbons (Fsp3) is 0.200. The lowest BCUT2D eigenvalue weighted by Gasteiger charge is -2.20. The second kappa shape index (κ2) is 7.16.